The second kappa shape index (κ2) is 8.21. The van der Waals surface area contributed by atoms with E-state index >= 15 is 0 Å². The number of piperidine rings is 1. The van der Waals surface area contributed by atoms with Crippen LogP contribution in [0.4, 0.5) is 5.82 Å². The van der Waals surface area contributed by atoms with Gasteiger partial charge in [-0.1, -0.05) is 19.9 Å². The molecule has 0 spiro atoms. The third-order valence-corrected chi connectivity index (χ3v) is 5.63. The Kier molecular flexibility index (Phi) is 5.94. The molecule has 8 heteroatoms. The van der Waals surface area contributed by atoms with Crippen molar-refractivity contribution >= 4 is 33.6 Å². The number of aromatic nitrogens is 3. The number of hydrogen-bond acceptors (Lipinski definition) is 4. The van der Waals surface area contributed by atoms with Crippen molar-refractivity contribution in [2.45, 2.75) is 39.5 Å². The molecular formula is C19H24BrN5O2. The summed E-state index contributed by atoms with van der Waals surface area (Å²) in [4.78, 5) is 31.2. The topological polar surface area (TPSA) is 91.0 Å². The van der Waals surface area contributed by atoms with E-state index < -0.39 is 0 Å². The Hall–Kier alpha value is -2.22. The number of nitrogens with one attached hydrogen (secondary N) is 2. The summed E-state index contributed by atoms with van der Waals surface area (Å²) >= 11 is 3.48. The van der Waals surface area contributed by atoms with Crippen LogP contribution in [0.3, 0.4) is 0 Å². The molecule has 2 aromatic rings. The molecule has 0 unspecified atom stereocenters. The Morgan fingerprint density at radius 3 is 2.56 bits per heavy atom. The predicted octanol–water partition coefficient (Wildman–Crippen LogP) is 3.49. The highest BCUT2D eigenvalue weighted by molar-refractivity contribution is 9.10. The second-order valence-corrected chi connectivity index (χ2v) is 8.02. The highest BCUT2D eigenvalue weighted by atomic mass is 79.9. The van der Waals surface area contributed by atoms with E-state index in [4.69, 9.17) is 0 Å². The molecule has 0 bridgehead atoms. The van der Waals surface area contributed by atoms with Crippen LogP contribution in [-0.2, 0) is 4.79 Å². The summed E-state index contributed by atoms with van der Waals surface area (Å²) in [5.41, 5.74) is 2.37. The number of likely N-dealkylation sites (tertiary alicyclic amines) is 1. The number of halogens is 1. The van der Waals surface area contributed by atoms with E-state index in [0.29, 0.717) is 37.4 Å². The maximum absolute atomic E-state index is 12.8. The smallest absolute Gasteiger partial charge is 0.275 e. The molecule has 1 aliphatic rings. The number of carbonyl (C=O) groups is 2. The quantitative estimate of drug-likeness (QED) is 0.771. The van der Waals surface area contributed by atoms with Gasteiger partial charge in [-0.2, -0.15) is 5.10 Å². The molecule has 1 fully saturated rings. The highest BCUT2D eigenvalue weighted by Crippen LogP contribution is 2.28. The third kappa shape index (κ3) is 4.37. The van der Waals surface area contributed by atoms with Crippen LogP contribution in [0.25, 0.3) is 0 Å². The van der Waals surface area contributed by atoms with Crippen LogP contribution in [0, 0.1) is 12.8 Å². The zero-order valence-corrected chi connectivity index (χ0v) is 17.3. The number of rotatable bonds is 4. The van der Waals surface area contributed by atoms with Crippen LogP contribution >= 0.6 is 15.9 Å². The minimum absolute atomic E-state index is 0.0403. The Morgan fingerprint density at radius 1 is 1.30 bits per heavy atom. The molecule has 0 aromatic carbocycles. The van der Waals surface area contributed by atoms with Gasteiger partial charge in [0, 0.05) is 25.2 Å². The molecule has 144 valence electrons. The molecule has 3 rings (SSSR count). The normalized spacial score (nSPS) is 15.2. The predicted molar refractivity (Wildman–Crippen MR) is 107 cm³/mol. The monoisotopic (exact) mass is 433 g/mol. The highest BCUT2D eigenvalue weighted by Gasteiger charge is 2.30. The first kappa shape index (κ1) is 19.5. The average molecular weight is 434 g/mol. The minimum Gasteiger partial charge on any atom is -0.337 e. The van der Waals surface area contributed by atoms with Gasteiger partial charge in [0.2, 0.25) is 5.91 Å². The Balaban J connectivity index is 1.57. The molecule has 27 heavy (non-hydrogen) atoms. The van der Waals surface area contributed by atoms with E-state index in [9.17, 15) is 9.59 Å². The van der Waals surface area contributed by atoms with Crippen molar-refractivity contribution in [2.24, 2.45) is 5.92 Å². The number of aromatic amines is 1. The first-order valence-electron chi connectivity index (χ1n) is 9.13. The van der Waals surface area contributed by atoms with Crippen molar-refractivity contribution in [3.8, 4) is 0 Å². The average Bonchev–Trinajstić information content (AvgIpc) is 3.05. The van der Waals surface area contributed by atoms with Crippen molar-refractivity contribution in [1.29, 1.82) is 0 Å². The number of aryl methyl sites for hydroxylation is 1. The molecule has 0 saturated carbocycles. The van der Waals surface area contributed by atoms with Crippen LogP contribution in [0.2, 0.25) is 0 Å². The van der Waals surface area contributed by atoms with Crippen LogP contribution in [-0.4, -0.2) is 45.0 Å². The van der Waals surface area contributed by atoms with Gasteiger partial charge in [0.15, 0.2) is 5.69 Å². The molecule has 1 aliphatic heterocycles. The van der Waals surface area contributed by atoms with E-state index in [0.717, 1.165) is 15.7 Å². The van der Waals surface area contributed by atoms with Crippen LogP contribution in [0.15, 0.2) is 22.8 Å². The largest absolute Gasteiger partial charge is 0.337 e. The lowest BCUT2D eigenvalue weighted by Crippen LogP contribution is -2.41. The fourth-order valence-electron chi connectivity index (χ4n) is 3.13. The van der Waals surface area contributed by atoms with Crippen molar-refractivity contribution in [3.05, 3.63) is 39.8 Å². The Morgan fingerprint density at radius 2 is 2.00 bits per heavy atom. The van der Waals surface area contributed by atoms with Crippen molar-refractivity contribution < 1.29 is 9.59 Å². The second-order valence-electron chi connectivity index (χ2n) is 7.23. The number of H-pyrrole nitrogens is 1. The van der Waals surface area contributed by atoms with Crippen LogP contribution in [0.5, 0.6) is 0 Å². The number of anilines is 1. The number of carbonyl (C=O) groups excluding carboxylic acids is 2. The van der Waals surface area contributed by atoms with Gasteiger partial charge >= 0.3 is 0 Å². The van der Waals surface area contributed by atoms with Gasteiger partial charge in [0.25, 0.3) is 5.91 Å². The summed E-state index contributed by atoms with van der Waals surface area (Å²) < 4.78 is 0.729. The third-order valence-electron chi connectivity index (χ3n) is 4.83. The van der Waals surface area contributed by atoms with E-state index in [-0.39, 0.29) is 23.7 Å². The summed E-state index contributed by atoms with van der Waals surface area (Å²) in [6.45, 7) is 7.11. The molecule has 2 N–H and O–H groups in total. The summed E-state index contributed by atoms with van der Waals surface area (Å²) in [5, 5.41) is 9.98. The number of hydrogen-bond donors (Lipinski definition) is 2. The fraction of sp³-hybridized carbons (Fsp3) is 0.474. The van der Waals surface area contributed by atoms with E-state index in [1.807, 2.05) is 26.8 Å². The van der Waals surface area contributed by atoms with Crippen molar-refractivity contribution in [2.75, 3.05) is 18.4 Å². The fourth-order valence-corrected chi connectivity index (χ4v) is 3.94. The molecule has 2 amide bonds. The number of pyridine rings is 1. The molecule has 3 heterocycles. The maximum Gasteiger partial charge on any atom is 0.275 e. The number of amides is 2. The van der Waals surface area contributed by atoms with Gasteiger partial charge in [0.1, 0.15) is 5.82 Å². The van der Waals surface area contributed by atoms with Crippen LogP contribution < -0.4 is 5.32 Å². The zero-order valence-electron chi connectivity index (χ0n) is 15.8. The SMILES string of the molecule is Cc1ccc(NC(=O)C2CCN(C(=O)c3n[nH]c(C(C)C)c3Br)CC2)nc1. The molecule has 0 aliphatic carbocycles. The van der Waals surface area contributed by atoms with E-state index in [1.165, 1.54) is 0 Å². The maximum atomic E-state index is 12.8. The first-order chi connectivity index (χ1) is 12.9. The lowest BCUT2D eigenvalue weighted by atomic mass is 9.95. The summed E-state index contributed by atoms with van der Waals surface area (Å²) in [6, 6.07) is 3.71. The zero-order chi connectivity index (χ0) is 19.6. The summed E-state index contributed by atoms with van der Waals surface area (Å²) in [6.07, 6.45) is 2.98. The van der Waals surface area contributed by atoms with Gasteiger partial charge in [0.05, 0.1) is 10.2 Å². The summed E-state index contributed by atoms with van der Waals surface area (Å²) in [5.74, 6) is 0.542. The van der Waals surface area contributed by atoms with Gasteiger partial charge in [-0.15, -0.1) is 0 Å². The van der Waals surface area contributed by atoms with Crippen molar-refractivity contribution in [3.63, 3.8) is 0 Å². The van der Waals surface area contributed by atoms with E-state index in [1.54, 1.807) is 17.2 Å². The van der Waals surface area contributed by atoms with Gasteiger partial charge in [-0.05, 0) is 53.2 Å². The molecular weight excluding hydrogens is 410 g/mol. The molecule has 1 saturated heterocycles. The van der Waals surface area contributed by atoms with Gasteiger partial charge < -0.3 is 10.2 Å². The lowest BCUT2D eigenvalue weighted by molar-refractivity contribution is -0.121. The van der Waals surface area contributed by atoms with Crippen molar-refractivity contribution in [1.82, 2.24) is 20.1 Å². The molecule has 7 nitrogen and oxygen atoms in total. The van der Waals surface area contributed by atoms with Crippen LogP contribution in [0.1, 0.15) is 54.4 Å². The Labute approximate surface area is 167 Å². The van der Waals surface area contributed by atoms with Gasteiger partial charge in [-0.25, -0.2) is 4.98 Å². The molecule has 0 atom stereocenters. The lowest BCUT2D eigenvalue weighted by Gasteiger charge is -2.30. The summed E-state index contributed by atoms with van der Waals surface area (Å²) in [7, 11) is 0. The van der Waals surface area contributed by atoms with Gasteiger partial charge in [-0.3, -0.25) is 14.7 Å². The number of nitrogens with zero attached hydrogens (tertiary/aromatic N) is 3. The first-order valence-corrected chi connectivity index (χ1v) is 9.92. The Bertz CT molecular complexity index is 823. The minimum atomic E-state index is -0.119. The molecule has 0 radical (unpaired) electrons. The van der Waals surface area contributed by atoms with E-state index in [2.05, 4.69) is 36.4 Å². The standard InChI is InChI=1S/C19H24BrN5O2/c1-11(2)16-15(20)17(24-23-16)19(27)25-8-6-13(7-9-25)18(26)22-14-5-4-12(3)10-21-14/h4-5,10-11,13H,6-9H2,1-3H3,(H,23,24)(H,21,22,26). The molecule has 2 aromatic heterocycles.